The van der Waals surface area contributed by atoms with Gasteiger partial charge in [0.05, 0.1) is 6.04 Å². The zero-order valence-electron chi connectivity index (χ0n) is 22.5. The average Bonchev–Trinajstić information content (AvgIpc) is 2.83. The van der Waals surface area contributed by atoms with E-state index in [9.17, 15) is 4.79 Å². The minimum Gasteiger partial charge on any atom is -0.367 e. The largest absolute Gasteiger partial charge is 0.367 e. The maximum atomic E-state index is 13.0. The molecule has 1 heterocycles. The molecule has 0 spiro atoms. The van der Waals surface area contributed by atoms with Crippen LogP contribution in [0.1, 0.15) is 97.5 Å². The number of carbonyl (C=O) groups excluding carboxylic acids is 1. The summed E-state index contributed by atoms with van der Waals surface area (Å²) in [6, 6.07) is 9.38. The van der Waals surface area contributed by atoms with Crippen LogP contribution in [-0.4, -0.2) is 42.5 Å². The van der Waals surface area contributed by atoms with Crippen LogP contribution in [0.3, 0.4) is 0 Å². The standard InChI is InChI=1S/C30H51N3O/c1-23(2)18-20-33(28-11-8-19-32(22-28)30(34)29(31)21-24(3)4)27-16-14-26(15-17-27)13-12-25-9-6-5-7-10-25/h14-17,23-25,28-29H,5-13,18-22,31H2,1-4H3/t28-,29?/m0/s1. The van der Waals surface area contributed by atoms with E-state index in [0.29, 0.717) is 17.9 Å². The number of benzene rings is 1. The van der Waals surface area contributed by atoms with Crippen molar-refractivity contribution in [2.45, 2.75) is 110 Å². The van der Waals surface area contributed by atoms with Gasteiger partial charge in [-0.05, 0) is 74.0 Å². The van der Waals surface area contributed by atoms with E-state index in [0.717, 1.165) is 44.8 Å². The van der Waals surface area contributed by atoms with Crippen molar-refractivity contribution in [3.63, 3.8) is 0 Å². The van der Waals surface area contributed by atoms with E-state index < -0.39 is 0 Å². The number of hydrogen-bond donors (Lipinski definition) is 1. The lowest BCUT2D eigenvalue weighted by Crippen LogP contribution is -2.54. The molecule has 192 valence electrons. The van der Waals surface area contributed by atoms with E-state index >= 15 is 0 Å². The van der Waals surface area contributed by atoms with E-state index in [1.54, 1.807) is 0 Å². The fraction of sp³-hybridized carbons (Fsp3) is 0.767. The molecule has 1 aliphatic carbocycles. The Morgan fingerprint density at radius 1 is 1.00 bits per heavy atom. The Morgan fingerprint density at radius 2 is 1.71 bits per heavy atom. The van der Waals surface area contributed by atoms with Gasteiger partial charge in [-0.2, -0.15) is 0 Å². The van der Waals surface area contributed by atoms with E-state index in [1.165, 1.54) is 62.6 Å². The Bertz CT molecular complexity index is 723. The average molecular weight is 470 g/mol. The number of likely N-dealkylation sites (tertiary alicyclic amines) is 1. The summed E-state index contributed by atoms with van der Waals surface area (Å²) in [5, 5.41) is 0. The first-order valence-electron chi connectivity index (χ1n) is 14.2. The summed E-state index contributed by atoms with van der Waals surface area (Å²) in [5.74, 6) is 2.18. The highest BCUT2D eigenvalue weighted by Gasteiger charge is 2.30. The summed E-state index contributed by atoms with van der Waals surface area (Å²) in [7, 11) is 0. The van der Waals surface area contributed by atoms with Crippen LogP contribution in [0.15, 0.2) is 24.3 Å². The molecule has 0 aromatic heterocycles. The first-order valence-corrected chi connectivity index (χ1v) is 14.2. The zero-order chi connectivity index (χ0) is 24.5. The molecule has 2 atom stereocenters. The molecule has 0 bridgehead atoms. The van der Waals surface area contributed by atoms with E-state index in [-0.39, 0.29) is 11.9 Å². The maximum absolute atomic E-state index is 13.0. The molecule has 4 heteroatoms. The predicted molar refractivity (Wildman–Crippen MR) is 145 cm³/mol. The minimum atomic E-state index is -0.369. The number of aryl methyl sites for hydroxylation is 1. The third-order valence-electron chi connectivity index (χ3n) is 7.97. The van der Waals surface area contributed by atoms with Crippen LogP contribution in [0.5, 0.6) is 0 Å². The van der Waals surface area contributed by atoms with Crippen molar-refractivity contribution in [3.8, 4) is 0 Å². The van der Waals surface area contributed by atoms with Crippen molar-refractivity contribution in [2.75, 3.05) is 24.5 Å². The van der Waals surface area contributed by atoms with Crippen molar-refractivity contribution in [1.82, 2.24) is 4.90 Å². The van der Waals surface area contributed by atoms with Gasteiger partial charge in [0.1, 0.15) is 0 Å². The summed E-state index contributed by atoms with van der Waals surface area (Å²) in [6.45, 7) is 11.6. The Balaban J connectivity index is 1.65. The second-order valence-corrected chi connectivity index (χ2v) is 11.9. The van der Waals surface area contributed by atoms with Crippen LogP contribution in [0.2, 0.25) is 0 Å². The smallest absolute Gasteiger partial charge is 0.239 e. The Hall–Kier alpha value is -1.55. The molecular formula is C30H51N3O. The van der Waals surface area contributed by atoms with Gasteiger partial charge >= 0.3 is 0 Å². The predicted octanol–water partition coefficient (Wildman–Crippen LogP) is 6.42. The number of piperidine rings is 1. The highest BCUT2D eigenvalue weighted by molar-refractivity contribution is 5.81. The summed E-state index contributed by atoms with van der Waals surface area (Å²) in [6.07, 6.45) is 13.8. The summed E-state index contributed by atoms with van der Waals surface area (Å²) < 4.78 is 0. The molecule has 0 radical (unpaired) electrons. The lowest BCUT2D eigenvalue weighted by Gasteiger charge is -2.41. The SMILES string of the molecule is CC(C)CCN(c1ccc(CCC2CCCCC2)cc1)[C@H]1CCCN(C(=O)C(N)CC(C)C)C1. The van der Waals surface area contributed by atoms with Gasteiger partial charge in [0, 0.05) is 31.4 Å². The van der Waals surface area contributed by atoms with Crippen LogP contribution < -0.4 is 10.6 Å². The number of anilines is 1. The molecule has 2 fully saturated rings. The summed E-state index contributed by atoms with van der Waals surface area (Å²) in [5.41, 5.74) is 9.06. The number of amides is 1. The van der Waals surface area contributed by atoms with Crippen LogP contribution in [-0.2, 0) is 11.2 Å². The van der Waals surface area contributed by atoms with Gasteiger partial charge in [0.25, 0.3) is 0 Å². The third-order valence-corrected chi connectivity index (χ3v) is 7.97. The molecule has 1 unspecified atom stereocenters. The fourth-order valence-electron chi connectivity index (χ4n) is 5.87. The highest BCUT2D eigenvalue weighted by atomic mass is 16.2. The number of nitrogens with zero attached hydrogens (tertiary/aromatic N) is 2. The fourth-order valence-corrected chi connectivity index (χ4v) is 5.87. The number of carbonyl (C=O) groups is 1. The molecule has 1 aromatic carbocycles. The molecule has 2 aliphatic rings. The number of rotatable bonds is 11. The van der Waals surface area contributed by atoms with Gasteiger partial charge in [-0.15, -0.1) is 0 Å². The normalized spacial score (nSPS) is 20.7. The molecule has 1 aliphatic heterocycles. The lowest BCUT2D eigenvalue weighted by atomic mass is 9.85. The molecule has 34 heavy (non-hydrogen) atoms. The number of nitrogens with two attached hydrogens (primary N) is 1. The Kier molecular flexibility index (Phi) is 10.8. The third kappa shape index (κ3) is 8.29. The van der Waals surface area contributed by atoms with E-state index in [1.807, 2.05) is 4.90 Å². The van der Waals surface area contributed by atoms with Gasteiger partial charge in [0.15, 0.2) is 0 Å². The second-order valence-electron chi connectivity index (χ2n) is 11.9. The van der Waals surface area contributed by atoms with Crippen LogP contribution in [0.25, 0.3) is 0 Å². The number of hydrogen-bond acceptors (Lipinski definition) is 3. The molecule has 1 amide bonds. The zero-order valence-corrected chi connectivity index (χ0v) is 22.5. The first-order chi connectivity index (χ1) is 16.3. The van der Waals surface area contributed by atoms with Gasteiger partial charge in [-0.3, -0.25) is 4.79 Å². The monoisotopic (exact) mass is 469 g/mol. The molecular weight excluding hydrogens is 418 g/mol. The summed E-state index contributed by atoms with van der Waals surface area (Å²) >= 11 is 0. The molecule has 1 saturated heterocycles. The van der Waals surface area contributed by atoms with Crippen LogP contribution in [0, 0.1) is 17.8 Å². The summed E-state index contributed by atoms with van der Waals surface area (Å²) in [4.78, 5) is 17.7. The highest BCUT2D eigenvalue weighted by Crippen LogP contribution is 2.29. The maximum Gasteiger partial charge on any atom is 0.239 e. The van der Waals surface area contributed by atoms with Crippen molar-refractivity contribution in [3.05, 3.63) is 29.8 Å². The van der Waals surface area contributed by atoms with Gasteiger partial charge in [-0.1, -0.05) is 71.9 Å². The lowest BCUT2D eigenvalue weighted by molar-refractivity contribution is -0.134. The molecule has 1 saturated carbocycles. The van der Waals surface area contributed by atoms with Crippen molar-refractivity contribution >= 4 is 11.6 Å². The minimum absolute atomic E-state index is 0.139. The van der Waals surface area contributed by atoms with Crippen molar-refractivity contribution in [1.29, 1.82) is 0 Å². The van der Waals surface area contributed by atoms with Crippen LogP contribution in [0.4, 0.5) is 5.69 Å². The molecule has 2 N–H and O–H groups in total. The van der Waals surface area contributed by atoms with E-state index in [4.69, 9.17) is 5.73 Å². The van der Waals surface area contributed by atoms with Gasteiger partial charge in [0.2, 0.25) is 5.91 Å². The Labute approximate surface area is 209 Å². The van der Waals surface area contributed by atoms with Crippen LogP contribution >= 0.6 is 0 Å². The van der Waals surface area contributed by atoms with Gasteiger partial charge in [-0.25, -0.2) is 0 Å². The van der Waals surface area contributed by atoms with Crippen molar-refractivity contribution < 1.29 is 4.79 Å². The van der Waals surface area contributed by atoms with Gasteiger partial charge < -0.3 is 15.5 Å². The molecule has 3 rings (SSSR count). The topological polar surface area (TPSA) is 49.6 Å². The molecule has 1 aromatic rings. The first kappa shape index (κ1) is 27.0. The quantitative estimate of drug-likeness (QED) is 0.407. The van der Waals surface area contributed by atoms with E-state index in [2.05, 4.69) is 56.9 Å². The molecule has 4 nitrogen and oxygen atoms in total. The van der Waals surface area contributed by atoms with Crippen molar-refractivity contribution in [2.24, 2.45) is 23.5 Å². The second kappa shape index (κ2) is 13.5. The Morgan fingerprint density at radius 3 is 2.35 bits per heavy atom.